The number of carbonyl (C=O) groups excluding carboxylic acids is 3. The topological polar surface area (TPSA) is 75.3 Å². The van der Waals surface area contributed by atoms with Gasteiger partial charge in [-0.3, -0.25) is 14.4 Å². The van der Waals surface area contributed by atoms with Crippen LogP contribution in [0.2, 0.25) is 5.02 Å². The Morgan fingerprint density at radius 2 is 1.50 bits per heavy atom. The van der Waals surface area contributed by atoms with E-state index in [1.54, 1.807) is 48.5 Å². The van der Waals surface area contributed by atoms with Crippen LogP contribution in [0, 0.1) is 0 Å². The molecule has 4 rings (SSSR count). The number of ketones is 2. The fourth-order valence-corrected chi connectivity index (χ4v) is 3.93. The van der Waals surface area contributed by atoms with Crippen LogP contribution in [0.5, 0.6) is 0 Å². The summed E-state index contributed by atoms with van der Waals surface area (Å²) in [6.07, 6.45) is 0. The first-order chi connectivity index (χ1) is 14.5. The monoisotopic (exact) mass is 418 g/mol. The molecule has 0 saturated heterocycles. The number of halogens is 1. The molecule has 1 aliphatic carbocycles. The van der Waals surface area contributed by atoms with Gasteiger partial charge >= 0.3 is 0 Å². The van der Waals surface area contributed by atoms with Gasteiger partial charge in [-0.2, -0.15) is 0 Å². The van der Waals surface area contributed by atoms with Crippen molar-refractivity contribution in [1.82, 2.24) is 5.32 Å². The number of nitrogens with one attached hydrogen (secondary N) is 2. The Labute approximate surface area is 179 Å². The fourth-order valence-electron chi connectivity index (χ4n) is 3.63. The van der Waals surface area contributed by atoms with Gasteiger partial charge < -0.3 is 10.6 Å². The van der Waals surface area contributed by atoms with Gasteiger partial charge in [0.2, 0.25) is 5.91 Å². The van der Waals surface area contributed by atoms with Crippen LogP contribution >= 0.6 is 11.6 Å². The van der Waals surface area contributed by atoms with Crippen LogP contribution in [0.4, 0.5) is 5.69 Å². The lowest BCUT2D eigenvalue weighted by atomic mass is 9.83. The van der Waals surface area contributed by atoms with Gasteiger partial charge in [0.25, 0.3) is 0 Å². The van der Waals surface area contributed by atoms with Crippen molar-refractivity contribution in [2.75, 3.05) is 11.9 Å². The molecule has 0 saturated carbocycles. The molecular weight excluding hydrogens is 400 g/mol. The zero-order valence-electron chi connectivity index (χ0n) is 16.2. The Morgan fingerprint density at radius 1 is 0.867 bits per heavy atom. The van der Waals surface area contributed by atoms with Crippen molar-refractivity contribution in [2.24, 2.45) is 0 Å². The molecule has 5 nitrogen and oxygen atoms in total. The first-order valence-corrected chi connectivity index (χ1v) is 9.94. The summed E-state index contributed by atoms with van der Waals surface area (Å²) in [5.41, 5.74) is 2.48. The second-order valence-corrected chi connectivity index (χ2v) is 7.51. The van der Waals surface area contributed by atoms with E-state index in [4.69, 9.17) is 11.6 Å². The van der Waals surface area contributed by atoms with Crippen LogP contribution < -0.4 is 10.6 Å². The number of amides is 1. The van der Waals surface area contributed by atoms with Crippen molar-refractivity contribution in [3.63, 3.8) is 0 Å². The summed E-state index contributed by atoms with van der Waals surface area (Å²) in [7, 11) is 0. The van der Waals surface area contributed by atoms with E-state index >= 15 is 0 Å². The summed E-state index contributed by atoms with van der Waals surface area (Å²) < 4.78 is 0. The third-order valence-electron chi connectivity index (χ3n) is 5.17. The standard InChI is InChI=1S/C24H19ClN2O3/c1-14(15-7-4-5-11-19(15)25)26-13-21(28)27-20-12-6-10-18-22(20)24(30)17-9-3-2-8-16(17)23(18)29/h2-12,14,26H,13H2,1H3,(H,27,28)/t14-/m0/s1. The molecule has 0 radical (unpaired) electrons. The lowest BCUT2D eigenvalue weighted by molar-refractivity contribution is -0.115. The number of anilines is 1. The average molecular weight is 419 g/mol. The molecule has 3 aromatic carbocycles. The Bertz CT molecular complexity index is 1170. The number of carbonyl (C=O) groups is 3. The van der Waals surface area contributed by atoms with Crippen molar-refractivity contribution in [1.29, 1.82) is 0 Å². The summed E-state index contributed by atoms with van der Waals surface area (Å²) >= 11 is 6.20. The van der Waals surface area contributed by atoms with Gasteiger partial charge in [0.05, 0.1) is 17.8 Å². The van der Waals surface area contributed by atoms with E-state index in [0.717, 1.165) is 5.56 Å². The largest absolute Gasteiger partial charge is 0.324 e. The second kappa shape index (κ2) is 8.22. The minimum Gasteiger partial charge on any atom is -0.324 e. The first kappa shape index (κ1) is 20.0. The van der Waals surface area contributed by atoms with E-state index in [1.165, 1.54) is 0 Å². The minimum atomic E-state index is -0.318. The van der Waals surface area contributed by atoms with Gasteiger partial charge in [-0.05, 0) is 24.6 Å². The number of fused-ring (bicyclic) bond motifs is 2. The smallest absolute Gasteiger partial charge is 0.238 e. The first-order valence-electron chi connectivity index (χ1n) is 9.56. The zero-order valence-corrected chi connectivity index (χ0v) is 17.0. The Balaban J connectivity index is 1.52. The molecule has 1 amide bonds. The van der Waals surface area contributed by atoms with Crippen molar-refractivity contribution in [3.8, 4) is 0 Å². The maximum Gasteiger partial charge on any atom is 0.238 e. The third-order valence-corrected chi connectivity index (χ3v) is 5.51. The van der Waals surface area contributed by atoms with Crippen LogP contribution in [0.15, 0.2) is 66.7 Å². The van der Waals surface area contributed by atoms with Gasteiger partial charge in [-0.25, -0.2) is 0 Å². The Hall–Kier alpha value is -3.28. The number of hydrogen-bond donors (Lipinski definition) is 2. The second-order valence-electron chi connectivity index (χ2n) is 7.10. The van der Waals surface area contributed by atoms with E-state index in [2.05, 4.69) is 10.6 Å². The molecule has 30 heavy (non-hydrogen) atoms. The van der Waals surface area contributed by atoms with Crippen LogP contribution in [-0.4, -0.2) is 24.0 Å². The van der Waals surface area contributed by atoms with Gasteiger partial charge in [-0.1, -0.05) is 66.2 Å². The number of benzene rings is 3. The van der Waals surface area contributed by atoms with Crippen LogP contribution in [0.3, 0.4) is 0 Å². The molecule has 0 unspecified atom stereocenters. The molecule has 0 aromatic heterocycles. The van der Waals surface area contributed by atoms with E-state index in [1.807, 2.05) is 25.1 Å². The highest BCUT2D eigenvalue weighted by atomic mass is 35.5. The normalized spacial score (nSPS) is 13.4. The van der Waals surface area contributed by atoms with Gasteiger partial charge in [0.1, 0.15) is 0 Å². The lowest BCUT2D eigenvalue weighted by Crippen LogP contribution is -2.31. The van der Waals surface area contributed by atoms with Crippen LogP contribution in [-0.2, 0) is 4.79 Å². The minimum absolute atomic E-state index is 0.0226. The summed E-state index contributed by atoms with van der Waals surface area (Å²) in [4.78, 5) is 38.4. The summed E-state index contributed by atoms with van der Waals surface area (Å²) in [6.45, 7) is 1.94. The average Bonchev–Trinajstić information content (AvgIpc) is 2.76. The Morgan fingerprint density at radius 3 is 2.23 bits per heavy atom. The summed E-state index contributed by atoms with van der Waals surface area (Å²) in [5.74, 6) is -0.809. The molecule has 0 spiro atoms. The van der Waals surface area contributed by atoms with Crippen molar-refractivity contribution >= 4 is 34.8 Å². The highest BCUT2D eigenvalue weighted by Gasteiger charge is 2.31. The number of hydrogen-bond acceptors (Lipinski definition) is 4. The van der Waals surface area contributed by atoms with E-state index in [0.29, 0.717) is 27.4 Å². The molecule has 0 heterocycles. The van der Waals surface area contributed by atoms with Gasteiger partial charge in [-0.15, -0.1) is 0 Å². The molecule has 0 aliphatic heterocycles. The summed E-state index contributed by atoms with van der Waals surface area (Å²) in [6, 6.07) is 18.9. The molecule has 3 aromatic rings. The number of rotatable bonds is 5. The molecule has 0 fully saturated rings. The van der Waals surface area contributed by atoms with Crippen LogP contribution in [0.1, 0.15) is 50.4 Å². The van der Waals surface area contributed by atoms with Gasteiger partial charge in [0, 0.05) is 27.8 Å². The maximum absolute atomic E-state index is 13.0. The van der Waals surface area contributed by atoms with Gasteiger partial charge in [0.15, 0.2) is 11.6 Å². The third kappa shape index (κ3) is 3.65. The summed E-state index contributed by atoms with van der Waals surface area (Å²) in [5, 5.41) is 6.52. The maximum atomic E-state index is 13.0. The van der Waals surface area contributed by atoms with Crippen molar-refractivity contribution < 1.29 is 14.4 Å². The molecule has 6 heteroatoms. The molecule has 0 bridgehead atoms. The predicted molar refractivity (Wildman–Crippen MR) is 116 cm³/mol. The molecule has 2 N–H and O–H groups in total. The van der Waals surface area contributed by atoms with Crippen molar-refractivity contribution in [3.05, 3.63) is 99.6 Å². The SMILES string of the molecule is C[C@H](NCC(=O)Nc1cccc2c1C(=O)c1ccccc1C2=O)c1ccccc1Cl. The highest BCUT2D eigenvalue weighted by Crippen LogP contribution is 2.32. The molecular formula is C24H19ClN2O3. The van der Waals surface area contributed by atoms with E-state index in [-0.39, 0.29) is 35.6 Å². The predicted octanol–water partition coefficient (Wildman–Crippen LogP) is 4.40. The highest BCUT2D eigenvalue weighted by molar-refractivity contribution is 6.31. The lowest BCUT2D eigenvalue weighted by Gasteiger charge is -2.20. The Kier molecular flexibility index (Phi) is 5.48. The fraction of sp³-hybridized carbons (Fsp3) is 0.125. The molecule has 150 valence electrons. The van der Waals surface area contributed by atoms with Crippen LogP contribution in [0.25, 0.3) is 0 Å². The molecule has 1 aliphatic rings. The van der Waals surface area contributed by atoms with Crippen molar-refractivity contribution in [2.45, 2.75) is 13.0 Å². The van der Waals surface area contributed by atoms with E-state index < -0.39 is 0 Å². The van der Waals surface area contributed by atoms with E-state index in [9.17, 15) is 14.4 Å². The quantitative estimate of drug-likeness (QED) is 0.503. The zero-order chi connectivity index (χ0) is 21.3. The molecule has 1 atom stereocenters.